The zero-order chi connectivity index (χ0) is 20.3. The largest absolute Gasteiger partial charge is 0.272 e. The lowest BCUT2D eigenvalue weighted by atomic mass is 9.85. The average molecular weight is 378 g/mol. The Hall–Kier alpha value is -3.02. The zero-order valence-electron chi connectivity index (χ0n) is 16.4. The van der Waals surface area contributed by atoms with Crippen molar-refractivity contribution in [1.29, 1.82) is 0 Å². The first kappa shape index (κ1) is 18.3. The lowest BCUT2D eigenvalue weighted by molar-refractivity contribution is 0.0525. The fourth-order valence-electron chi connectivity index (χ4n) is 4.08. The molecule has 2 atom stereocenters. The smallest absolute Gasteiger partial charge is 0.261 e. The summed E-state index contributed by atoms with van der Waals surface area (Å²) in [5.74, 6) is -1.50. The van der Waals surface area contributed by atoms with E-state index in [-0.39, 0.29) is 35.7 Å². The number of amides is 4. The van der Waals surface area contributed by atoms with Crippen molar-refractivity contribution in [2.24, 2.45) is 0 Å². The molecule has 0 spiro atoms. The van der Waals surface area contributed by atoms with Crippen LogP contribution in [0.4, 0.5) is 0 Å². The SMILES string of the molecule is CCC(C)N1C(=O)c2ccc3c4c(ccc(c24)C1=O)C(=O)N([C@@H](C)CC)C3=O. The molecule has 2 aliphatic rings. The predicted molar refractivity (Wildman–Crippen MR) is 104 cm³/mol. The summed E-state index contributed by atoms with van der Waals surface area (Å²) in [4.78, 5) is 54.7. The number of nitrogens with zero attached hydrogens (tertiary/aromatic N) is 2. The zero-order valence-corrected chi connectivity index (χ0v) is 16.4. The molecule has 0 fully saturated rings. The van der Waals surface area contributed by atoms with Crippen LogP contribution in [0, 0.1) is 0 Å². The Labute approximate surface area is 163 Å². The summed E-state index contributed by atoms with van der Waals surface area (Å²) in [7, 11) is 0. The van der Waals surface area contributed by atoms with Crippen LogP contribution in [-0.4, -0.2) is 45.5 Å². The minimum atomic E-state index is -0.375. The summed E-state index contributed by atoms with van der Waals surface area (Å²) >= 11 is 0. The topological polar surface area (TPSA) is 74.8 Å². The van der Waals surface area contributed by atoms with Gasteiger partial charge in [-0.2, -0.15) is 0 Å². The maximum Gasteiger partial charge on any atom is 0.261 e. The standard InChI is InChI=1S/C22H22N2O4/c1-5-11(3)23-19(25)13-7-9-15-18-16(10-8-14(17(13)18)20(23)26)22(28)24(21(15)27)12(4)6-2/h7-12H,5-6H2,1-4H3/t11-,12?/m0/s1. The van der Waals surface area contributed by atoms with E-state index < -0.39 is 0 Å². The molecular formula is C22H22N2O4. The van der Waals surface area contributed by atoms with Gasteiger partial charge in [-0.05, 0) is 51.0 Å². The molecule has 0 saturated heterocycles. The molecule has 0 radical (unpaired) electrons. The van der Waals surface area contributed by atoms with Gasteiger partial charge >= 0.3 is 0 Å². The van der Waals surface area contributed by atoms with Gasteiger partial charge in [-0.1, -0.05) is 13.8 Å². The molecule has 2 aromatic rings. The van der Waals surface area contributed by atoms with Crippen molar-refractivity contribution in [1.82, 2.24) is 9.80 Å². The van der Waals surface area contributed by atoms with Crippen LogP contribution in [0.25, 0.3) is 10.8 Å². The van der Waals surface area contributed by atoms with Gasteiger partial charge in [0.15, 0.2) is 0 Å². The molecule has 2 heterocycles. The second-order valence-corrected chi connectivity index (χ2v) is 7.55. The molecule has 0 aliphatic carbocycles. The first-order chi connectivity index (χ1) is 13.3. The molecule has 144 valence electrons. The maximum absolute atomic E-state index is 13.0. The molecule has 28 heavy (non-hydrogen) atoms. The van der Waals surface area contributed by atoms with Crippen LogP contribution in [0.3, 0.4) is 0 Å². The van der Waals surface area contributed by atoms with Crippen LogP contribution in [0.1, 0.15) is 82.0 Å². The Balaban J connectivity index is 2.01. The Morgan fingerprint density at radius 2 is 0.857 bits per heavy atom. The summed E-state index contributed by atoms with van der Waals surface area (Å²) in [6.07, 6.45) is 1.29. The number of rotatable bonds is 4. The van der Waals surface area contributed by atoms with E-state index in [9.17, 15) is 19.2 Å². The Morgan fingerprint density at radius 1 is 0.607 bits per heavy atom. The second-order valence-electron chi connectivity index (χ2n) is 7.55. The minimum absolute atomic E-state index is 0.236. The van der Waals surface area contributed by atoms with Gasteiger partial charge in [0, 0.05) is 45.1 Å². The van der Waals surface area contributed by atoms with E-state index in [1.807, 2.05) is 27.7 Å². The fourth-order valence-corrected chi connectivity index (χ4v) is 4.08. The molecule has 0 saturated carbocycles. The van der Waals surface area contributed by atoms with Crippen LogP contribution in [0.5, 0.6) is 0 Å². The van der Waals surface area contributed by atoms with E-state index >= 15 is 0 Å². The summed E-state index contributed by atoms with van der Waals surface area (Å²) in [6.45, 7) is 7.51. The monoisotopic (exact) mass is 378 g/mol. The highest BCUT2D eigenvalue weighted by Gasteiger charge is 2.41. The van der Waals surface area contributed by atoms with Crippen LogP contribution in [-0.2, 0) is 0 Å². The molecule has 0 bridgehead atoms. The van der Waals surface area contributed by atoms with E-state index in [0.29, 0.717) is 45.9 Å². The number of hydrogen-bond acceptors (Lipinski definition) is 4. The van der Waals surface area contributed by atoms with Crippen molar-refractivity contribution in [3.05, 3.63) is 46.5 Å². The fraction of sp³-hybridized carbons (Fsp3) is 0.364. The molecule has 2 aliphatic heterocycles. The molecule has 2 aromatic carbocycles. The van der Waals surface area contributed by atoms with Gasteiger partial charge < -0.3 is 0 Å². The molecule has 4 amide bonds. The van der Waals surface area contributed by atoms with Crippen molar-refractivity contribution in [2.45, 2.75) is 52.6 Å². The summed E-state index contributed by atoms with van der Waals surface area (Å²) < 4.78 is 0. The van der Waals surface area contributed by atoms with E-state index in [2.05, 4.69) is 0 Å². The minimum Gasteiger partial charge on any atom is -0.272 e. The Morgan fingerprint density at radius 3 is 1.07 bits per heavy atom. The first-order valence-electron chi connectivity index (χ1n) is 9.68. The summed E-state index contributed by atoms with van der Waals surface area (Å²) in [6, 6.07) is 5.96. The van der Waals surface area contributed by atoms with E-state index in [1.165, 1.54) is 9.80 Å². The predicted octanol–water partition coefficient (Wildman–Crippen LogP) is 3.63. The third-order valence-corrected chi connectivity index (χ3v) is 6.02. The number of hydrogen-bond donors (Lipinski definition) is 0. The lowest BCUT2D eigenvalue weighted by Crippen LogP contribution is -2.47. The summed E-state index contributed by atoms with van der Waals surface area (Å²) in [5, 5.41) is 0.852. The highest BCUT2D eigenvalue weighted by molar-refractivity contribution is 6.33. The van der Waals surface area contributed by atoms with Gasteiger partial charge in [-0.3, -0.25) is 29.0 Å². The first-order valence-corrected chi connectivity index (χ1v) is 9.68. The van der Waals surface area contributed by atoms with Crippen LogP contribution < -0.4 is 0 Å². The van der Waals surface area contributed by atoms with Crippen molar-refractivity contribution in [2.75, 3.05) is 0 Å². The third-order valence-electron chi connectivity index (χ3n) is 6.02. The van der Waals surface area contributed by atoms with E-state index in [0.717, 1.165) is 0 Å². The molecular weight excluding hydrogens is 356 g/mol. The van der Waals surface area contributed by atoms with E-state index in [4.69, 9.17) is 0 Å². The normalized spacial score (nSPS) is 18.1. The van der Waals surface area contributed by atoms with E-state index in [1.54, 1.807) is 24.3 Å². The molecule has 4 rings (SSSR count). The van der Waals surface area contributed by atoms with Crippen LogP contribution in [0.2, 0.25) is 0 Å². The van der Waals surface area contributed by atoms with Gasteiger partial charge in [0.2, 0.25) is 0 Å². The number of imide groups is 2. The van der Waals surface area contributed by atoms with Gasteiger partial charge in [-0.25, -0.2) is 0 Å². The molecule has 6 heteroatoms. The number of carbonyl (C=O) groups excluding carboxylic acids is 4. The van der Waals surface area contributed by atoms with Crippen LogP contribution in [0.15, 0.2) is 24.3 Å². The van der Waals surface area contributed by atoms with Crippen molar-refractivity contribution in [3.8, 4) is 0 Å². The number of benzene rings is 2. The molecule has 1 unspecified atom stereocenters. The average Bonchev–Trinajstić information content (AvgIpc) is 2.70. The number of carbonyl (C=O) groups is 4. The molecule has 0 N–H and O–H groups in total. The van der Waals surface area contributed by atoms with Gasteiger partial charge in [-0.15, -0.1) is 0 Å². The third kappa shape index (κ3) is 2.20. The highest BCUT2D eigenvalue weighted by Crippen LogP contribution is 2.38. The summed E-state index contributed by atoms with van der Waals surface area (Å²) in [5.41, 5.74) is 1.47. The van der Waals surface area contributed by atoms with Crippen molar-refractivity contribution >= 4 is 34.4 Å². The van der Waals surface area contributed by atoms with Gasteiger partial charge in [0.25, 0.3) is 23.6 Å². The lowest BCUT2D eigenvalue weighted by Gasteiger charge is -2.35. The molecule has 6 nitrogen and oxygen atoms in total. The maximum atomic E-state index is 13.0. The quantitative estimate of drug-likeness (QED) is 0.762. The van der Waals surface area contributed by atoms with Gasteiger partial charge in [0.1, 0.15) is 0 Å². The highest BCUT2D eigenvalue weighted by atomic mass is 16.2. The van der Waals surface area contributed by atoms with Gasteiger partial charge in [0.05, 0.1) is 0 Å². The Kier molecular flexibility index (Phi) is 4.10. The Bertz CT molecular complexity index is 917. The molecule has 0 aromatic heterocycles. The van der Waals surface area contributed by atoms with Crippen molar-refractivity contribution < 1.29 is 19.2 Å². The van der Waals surface area contributed by atoms with Crippen molar-refractivity contribution in [3.63, 3.8) is 0 Å². The van der Waals surface area contributed by atoms with Crippen LogP contribution >= 0.6 is 0 Å². The second kappa shape index (κ2) is 6.26.